The lowest BCUT2D eigenvalue weighted by molar-refractivity contribution is -0.123. The van der Waals surface area contributed by atoms with Crippen LogP contribution < -0.4 is 4.90 Å². The van der Waals surface area contributed by atoms with E-state index in [1.165, 1.54) is 0 Å². The molecule has 4 heteroatoms. The number of rotatable bonds is 3. The van der Waals surface area contributed by atoms with Crippen molar-refractivity contribution in [1.82, 2.24) is 4.98 Å². The topological polar surface area (TPSA) is 42.4 Å². The van der Waals surface area contributed by atoms with Crippen LogP contribution in [0.2, 0.25) is 0 Å². The largest absolute Gasteiger partial charge is 0.367 e. The summed E-state index contributed by atoms with van der Waals surface area (Å²) in [4.78, 5) is 18.5. The predicted octanol–water partition coefficient (Wildman–Crippen LogP) is 3.81. The van der Waals surface area contributed by atoms with Crippen molar-refractivity contribution >= 4 is 11.6 Å². The van der Waals surface area contributed by atoms with Gasteiger partial charge in [-0.05, 0) is 29.3 Å². The highest BCUT2D eigenvalue weighted by Gasteiger charge is 2.23. The molecule has 124 valence electrons. The highest BCUT2D eigenvalue weighted by Crippen LogP contribution is 2.30. The molecule has 0 spiro atoms. The highest BCUT2D eigenvalue weighted by atomic mass is 16.5. The molecule has 1 aromatic heterocycles. The first-order chi connectivity index (χ1) is 12.3. The summed E-state index contributed by atoms with van der Waals surface area (Å²) in [5, 5.41) is 0. The second-order valence-electron chi connectivity index (χ2n) is 6.04. The van der Waals surface area contributed by atoms with Crippen LogP contribution in [0.5, 0.6) is 0 Å². The molecule has 0 fully saturated rings. The van der Waals surface area contributed by atoms with Crippen molar-refractivity contribution in [2.45, 2.75) is 13.2 Å². The lowest BCUT2D eigenvalue weighted by atomic mass is 10.0. The van der Waals surface area contributed by atoms with Crippen molar-refractivity contribution in [3.63, 3.8) is 0 Å². The minimum atomic E-state index is -0.0169. The zero-order valence-electron chi connectivity index (χ0n) is 13.8. The van der Waals surface area contributed by atoms with Crippen molar-refractivity contribution in [2.75, 3.05) is 11.5 Å². The van der Waals surface area contributed by atoms with Gasteiger partial charge in [-0.25, -0.2) is 0 Å². The maximum atomic E-state index is 12.5. The van der Waals surface area contributed by atoms with Crippen LogP contribution in [0, 0.1) is 0 Å². The Kier molecular flexibility index (Phi) is 4.27. The average molecular weight is 330 g/mol. The quantitative estimate of drug-likeness (QED) is 0.733. The fourth-order valence-corrected chi connectivity index (χ4v) is 3.08. The number of carbonyl (C=O) groups excluding carboxylic acids is 1. The molecule has 0 saturated carbocycles. The molecule has 4 nitrogen and oxygen atoms in total. The summed E-state index contributed by atoms with van der Waals surface area (Å²) in [6, 6.07) is 20.1. The molecule has 1 aliphatic rings. The normalized spacial score (nSPS) is 14.1. The third-order valence-electron chi connectivity index (χ3n) is 4.33. The van der Waals surface area contributed by atoms with E-state index in [1.807, 2.05) is 65.7 Å². The molecular formula is C21H18N2O2. The molecule has 0 aliphatic carbocycles. The summed E-state index contributed by atoms with van der Waals surface area (Å²) >= 11 is 0. The summed E-state index contributed by atoms with van der Waals surface area (Å²) in [7, 11) is 0. The standard InChI is InChI=1S/C21H18N2O2/c24-21-15-25-14-19-11-17(18-7-4-10-22-12-18)8-9-20(19)23(21)13-16-5-2-1-3-6-16/h1-12H,13-15H2. The lowest BCUT2D eigenvalue weighted by Crippen LogP contribution is -2.32. The van der Waals surface area contributed by atoms with E-state index in [9.17, 15) is 4.79 Å². The van der Waals surface area contributed by atoms with Crippen LogP contribution >= 0.6 is 0 Å². The molecule has 0 radical (unpaired) electrons. The molecule has 3 aromatic rings. The number of nitrogens with zero attached hydrogens (tertiary/aromatic N) is 2. The van der Waals surface area contributed by atoms with Crippen LogP contribution in [0.25, 0.3) is 11.1 Å². The number of amides is 1. The van der Waals surface area contributed by atoms with Gasteiger partial charge in [0, 0.05) is 29.2 Å². The smallest absolute Gasteiger partial charge is 0.253 e. The first-order valence-corrected chi connectivity index (χ1v) is 8.26. The molecule has 0 unspecified atom stereocenters. The van der Waals surface area contributed by atoms with Crippen LogP contribution in [0.1, 0.15) is 11.1 Å². The Balaban J connectivity index is 1.72. The molecule has 0 saturated heterocycles. The minimum absolute atomic E-state index is 0.0169. The van der Waals surface area contributed by atoms with Crippen molar-refractivity contribution in [1.29, 1.82) is 0 Å². The van der Waals surface area contributed by atoms with E-state index in [0.717, 1.165) is 27.9 Å². The maximum absolute atomic E-state index is 12.5. The van der Waals surface area contributed by atoms with Gasteiger partial charge in [-0.15, -0.1) is 0 Å². The van der Waals surface area contributed by atoms with Gasteiger partial charge in [0.1, 0.15) is 6.61 Å². The summed E-state index contributed by atoms with van der Waals surface area (Å²) < 4.78 is 5.59. The Bertz CT molecular complexity index is 879. The first kappa shape index (κ1) is 15.5. The molecule has 1 amide bonds. The molecule has 0 bridgehead atoms. The van der Waals surface area contributed by atoms with Crippen LogP contribution in [-0.2, 0) is 22.7 Å². The van der Waals surface area contributed by atoms with E-state index in [-0.39, 0.29) is 12.5 Å². The molecule has 4 rings (SSSR count). The number of benzene rings is 2. The zero-order chi connectivity index (χ0) is 17.1. The van der Waals surface area contributed by atoms with Crippen molar-refractivity contribution in [3.05, 3.63) is 84.2 Å². The van der Waals surface area contributed by atoms with Crippen LogP contribution in [0.15, 0.2) is 73.1 Å². The lowest BCUT2D eigenvalue weighted by Gasteiger charge is -2.23. The summed E-state index contributed by atoms with van der Waals surface area (Å²) in [5.41, 5.74) is 5.15. The Labute approximate surface area is 146 Å². The Morgan fingerprint density at radius 3 is 2.64 bits per heavy atom. The van der Waals surface area contributed by atoms with E-state index < -0.39 is 0 Å². The number of hydrogen-bond donors (Lipinski definition) is 0. The minimum Gasteiger partial charge on any atom is -0.367 e. The van der Waals surface area contributed by atoms with Crippen LogP contribution in [0.4, 0.5) is 5.69 Å². The molecular weight excluding hydrogens is 312 g/mol. The highest BCUT2D eigenvalue weighted by molar-refractivity contribution is 5.95. The number of hydrogen-bond acceptors (Lipinski definition) is 3. The molecule has 0 N–H and O–H groups in total. The van der Waals surface area contributed by atoms with Crippen LogP contribution in [0.3, 0.4) is 0 Å². The SMILES string of the molecule is O=C1COCc2cc(-c3cccnc3)ccc2N1Cc1ccccc1. The van der Waals surface area contributed by atoms with Gasteiger partial charge in [-0.3, -0.25) is 9.78 Å². The number of anilines is 1. The zero-order valence-corrected chi connectivity index (χ0v) is 13.8. The Morgan fingerprint density at radius 1 is 0.960 bits per heavy atom. The third kappa shape index (κ3) is 3.30. The fraction of sp³-hybridized carbons (Fsp3) is 0.143. The molecule has 2 heterocycles. The Morgan fingerprint density at radius 2 is 1.84 bits per heavy atom. The summed E-state index contributed by atoms with van der Waals surface area (Å²) in [6.07, 6.45) is 3.60. The summed E-state index contributed by atoms with van der Waals surface area (Å²) in [5.74, 6) is -0.0169. The van der Waals surface area contributed by atoms with Gasteiger partial charge in [-0.2, -0.15) is 0 Å². The van der Waals surface area contributed by atoms with Crippen molar-refractivity contribution in [2.24, 2.45) is 0 Å². The van der Waals surface area contributed by atoms with Gasteiger partial charge < -0.3 is 9.64 Å². The van der Waals surface area contributed by atoms with Gasteiger partial charge in [0.05, 0.1) is 13.2 Å². The van der Waals surface area contributed by atoms with Crippen LogP contribution in [-0.4, -0.2) is 17.5 Å². The Hall–Kier alpha value is -2.98. The average Bonchev–Trinajstić information content (AvgIpc) is 2.82. The third-order valence-corrected chi connectivity index (χ3v) is 4.33. The van der Waals surface area contributed by atoms with E-state index in [0.29, 0.717) is 13.2 Å². The van der Waals surface area contributed by atoms with Gasteiger partial charge in [-0.1, -0.05) is 42.5 Å². The number of fused-ring (bicyclic) bond motifs is 1. The van der Waals surface area contributed by atoms with E-state index in [2.05, 4.69) is 11.1 Å². The molecule has 2 aromatic carbocycles. The molecule has 25 heavy (non-hydrogen) atoms. The second-order valence-corrected chi connectivity index (χ2v) is 6.04. The van der Waals surface area contributed by atoms with Gasteiger partial charge in [0.25, 0.3) is 5.91 Å². The van der Waals surface area contributed by atoms with E-state index >= 15 is 0 Å². The van der Waals surface area contributed by atoms with E-state index in [1.54, 1.807) is 6.20 Å². The monoisotopic (exact) mass is 330 g/mol. The van der Waals surface area contributed by atoms with Crippen molar-refractivity contribution < 1.29 is 9.53 Å². The van der Waals surface area contributed by atoms with Gasteiger partial charge in [0.15, 0.2) is 0 Å². The predicted molar refractivity (Wildman–Crippen MR) is 97.0 cm³/mol. The fourth-order valence-electron chi connectivity index (χ4n) is 3.08. The van der Waals surface area contributed by atoms with Gasteiger partial charge >= 0.3 is 0 Å². The number of aromatic nitrogens is 1. The molecule has 1 aliphatic heterocycles. The number of carbonyl (C=O) groups is 1. The van der Waals surface area contributed by atoms with Gasteiger partial charge in [0.2, 0.25) is 0 Å². The van der Waals surface area contributed by atoms with Crippen molar-refractivity contribution in [3.8, 4) is 11.1 Å². The number of ether oxygens (including phenoxy) is 1. The first-order valence-electron chi connectivity index (χ1n) is 8.26. The molecule has 0 atom stereocenters. The maximum Gasteiger partial charge on any atom is 0.253 e. The number of pyridine rings is 1. The van der Waals surface area contributed by atoms with E-state index in [4.69, 9.17) is 4.74 Å². The summed E-state index contributed by atoms with van der Waals surface area (Å²) in [6.45, 7) is 1.08. The second kappa shape index (κ2) is 6.87.